The van der Waals surface area contributed by atoms with Crippen molar-refractivity contribution in [1.29, 1.82) is 0 Å². The molecular formula is C16H17BrN2O2. The second-order valence-electron chi connectivity index (χ2n) is 4.82. The number of nitrogen functional groups attached to an aromatic ring is 1. The molecule has 1 amide bonds. The zero-order chi connectivity index (χ0) is 15.2. The quantitative estimate of drug-likeness (QED) is 0.726. The summed E-state index contributed by atoms with van der Waals surface area (Å²) < 4.78 is 0.747. The van der Waals surface area contributed by atoms with Crippen LogP contribution in [0.4, 0.5) is 5.69 Å². The fourth-order valence-electron chi connectivity index (χ4n) is 2.07. The van der Waals surface area contributed by atoms with Gasteiger partial charge in [-0.15, -0.1) is 0 Å². The Morgan fingerprint density at radius 2 is 1.95 bits per heavy atom. The summed E-state index contributed by atoms with van der Waals surface area (Å²) in [5.74, 6) is -0.252. The molecule has 2 aromatic carbocycles. The van der Waals surface area contributed by atoms with E-state index in [2.05, 4.69) is 21.2 Å². The van der Waals surface area contributed by atoms with Crippen LogP contribution in [0.25, 0.3) is 0 Å². The fraction of sp³-hybridized carbons (Fsp3) is 0.188. The van der Waals surface area contributed by atoms with E-state index in [1.165, 1.54) is 0 Å². The highest BCUT2D eigenvalue weighted by molar-refractivity contribution is 9.10. The molecule has 0 aliphatic heterocycles. The Bertz CT molecular complexity index is 597. The summed E-state index contributed by atoms with van der Waals surface area (Å²) in [5.41, 5.74) is 7.76. The van der Waals surface area contributed by atoms with Gasteiger partial charge in [-0.3, -0.25) is 4.79 Å². The maximum Gasteiger partial charge on any atom is 0.251 e. The first-order chi connectivity index (χ1) is 10.1. The van der Waals surface area contributed by atoms with Crippen molar-refractivity contribution in [2.24, 2.45) is 0 Å². The molecule has 0 bridgehead atoms. The van der Waals surface area contributed by atoms with Gasteiger partial charge in [0.05, 0.1) is 12.6 Å². The van der Waals surface area contributed by atoms with E-state index in [1.54, 1.807) is 18.2 Å². The molecule has 0 radical (unpaired) electrons. The van der Waals surface area contributed by atoms with Crippen LogP contribution >= 0.6 is 15.9 Å². The van der Waals surface area contributed by atoms with Crippen LogP contribution in [0, 0.1) is 0 Å². The van der Waals surface area contributed by atoms with Gasteiger partial charge < -0.3 is 16.2 Å². The number of aliphatic hydroxyl groups is 1. The van der Waals surface area contributed by atoms with Gasteiger partial charge in [0.2, 0.25) is 0 Å². The largest absolute Gasteiger partial charge is 0.399 e. The van der Waals surface area contributed by atoms with E-state index >= 15 is 0 Å². The Hall–Kier alpha value is -1.85. The van der Waals surface area contributed by atoms with Crippen molar-refractivity contribution in [3.8, 4) is 0 Å². The van der Waals surface area contributed by atoms with Gasteiger partial charge in [-0.05, 0) is 30.2 Å². The number of amides is 1. The zero-order valence-electron chi connectivity index (χ0n) is 11.4. The minimum Gasteiger partial charge on any atom is -0.399 e. The van der Waals surface area contributed by atoms with Crippen molar-refractivity contribution in [2.75, 3.05) is 12.3 Å². The van der Waals surface area contributed by atoms with Crippen molar-refractivity contribution in [3.63, 3.8) is 0 Å². The van der Waals surface area contributed by atoms with Gasteiger partial charge in [0.1, 0.15) is 0 Å². The first-order valence-corrected chi connectivity index (χ1v) is 7.39. The fourth-order valence-corrected chi connectivity index (χ4v) is 2.58. The minimum absolute atomic E-state index is 0.121. The Balaban J connectivity index is 2.05. The number of hydrogen-bond donors (Lipinski definition) is 3. The molecule has 1 atom stereocenters. The van der Waals surface area contributed by atoms with E-state index in [-0.39, 0.29) is 18.6 Å². The summed E-state index contributed by atoms with van der Waals surface area (Å²) in [5, 5.41) is 12.3. The molecule has 0 saturated heterocycles. The zero-order valence-corrected chi connectivity index (χ0v) is 13.0. The van der Waals surface area contributed by atoms with Crippen LogP contribution < -0.4 is 11.1 Å². The van der Waals surface area contributed by atoms with Gasteiger partial charge in [0.25, 0.3) is 5.91 Å². The summed E-state index contributed by atoms with van der Waals surface area (Å²) in [7, 11) is 0. The SMILES string of the molecule is Nc1cc(Br)cc(C(=O)N[C@H](CO)Cc2ccccc2)c1. The number of carbonyl (C=O) groups is 1. The normalized spacial score (nSPS) is 11.9. The van der Waals surface area contributed by atoms with Crippen LogP contribution in [0.2, 0.25) is 0 Å². The van der Waals surface area contributed by atoms with Gasteiger partial charge in [0.15, 0.2) is 0 Å². The minimum atomic E-state index is -0.333. The predicted molar refractivity (Wildman–Crippen MR) is 87.0 cm³/mol. The second kappa shape index (κ2) is 7.24. The molecule has 0 heterocycles. The molecule has 2 rings (SSSR count). The molecule has 21 heavy (non-hydrogen) atoms. The number of rotatable bonds is 5. The average molecular weight is 349 g/mol. The standard InChI is InChI=1S/C16H17BrN2O2/c17-13-7-12(8-14(18)9-13)16(21)19-15(10-20)6-11-4-2-1-3-5-11/h1-5,7-9,15,20H,6,10,18H2,(H,19,21)/t15-/m0/s1. The number of hydrogen-bond acceptors (Lipinski definition) is 3. The smallest absolute Gasteiger partial charge is 0.251 e. The highest BCUT2D eigenvalue weighted by Gasteiger charge is 2.14. The highest BCUT2D eigenvalue weighted by Crippen LogP contribution is 2.17. The molecule has 110 valence electrons. The third-order valence-electron chi connectivity index (χ3n) is 3.06. The van der Waals surface area contributed by atoms with E-state index in [9.17, 15) is 9.90 Å². The van der Waals surface area contributed by atoms with Crippen molar-refractivity contribution in [3.05, 3.63) is 64.1 Å². The van der Waals surface area contributed by atoms with E-state index in [0.29, 0.717) is 17.7 Å². The second-order valence-corrected chi connectivity index (χ2v) is 5.73. The molecule has 4 N–H and O–H groups in total. The summed E-state index contributed by atoms with van der Waals surface area (Å²) >= 11 is 3.31. The topological polar surface area (TPSA) is 75.4 Å². The van der Waals surface area contributed by atoms with Crippen LogP contribution in [-0.2, 0) is 6.42 Å². The van der Waals surface area contributed by atoms with Crippen LogP contribution in [0.15, 0.2) is 53.0 Å². The van der Waals surface area contributed by atoms with Crippen molar-refractivity contribution in [2.45, 2.75) is 12.5 Å². The lowest BCUT2D eigenvalue weighted by Crippen LogP contribution is -2.39. The maximum absolute atomic E-state index is 12.2. The monoisotopic (exact) mass is 348 g/mol. The van der Waals surface area contributed by atoms with E-state index < -0.39 is 0 Å². The maximum atomic E-state index is 12.2. The molecule has 0 spiro atoms. The molecule has 0 saturated carbocycles. The number of anilines is 1. The molecule has 5 heteroatoms. The van der Waals surface area contributed by atoms with Crippen LogP contribution in [0.1, 0.15) is 15.9 Å². The summed E-state index contributed by atoms with van der Waals surface area (Å²) in [6, 6.07) is 14.4. The molecule has 0 aromatic heterocycles. The lowest BCUT2D eigenvalue weighted by Gasteiger charge is -2.16. The predicted octanol–water partition coefficient (Wildman–Crippen LogP) is 2.36. The number of aliphatic hydroxyl groups excluding tert-OH is 1. The van der Waals surface area contributed by atoms with Gasteiger partial charge in [-0.2, -0.15) is 0 Å². The van der Waals surface area contributed by atoms with Crippen LogP contribution in [-0.4, -0.2) is 23.7 Å². The Morgan fingerprint density at radius 3 is 2.57 bits per heavy atom. The molecule has 0 aliphatic carbocycles. The molecular weight excluding hydrogens is 332 g/mol. The number of halogens is 1. The van der Waals surface area contributed by atoms with Crippen LogP contribution in [0.5, 0.6) is 0 Å². The Morgan fingerprint density at radius 1 is 1.24 bits per heavy atom. The average Bonchev–Trinajstić information content (AvgIpc) is 2.46. The van der Waals surface area contributed by atoms with E-state index in [0.717, 1.165) is 10.0 Å². The van der Waals surface area contributed by atoms with Gasteiger partial charge in [-0.25, -0.2) is 0 Å². The number of benzene rings is 2. The number of nitrogens with two attached hydrogens (primary N) is 1. The van der Waals surface area contributed by atoms with Crippen molar-refractivity contribution < 1.29 is 9.90 Å². The number of carbonyl (C=O) groups excluding carboxylic acids is 1. The first kappa shape index (κ1) is 15.5. The van der Waals surface area contributed by atoms with Crippen molar-refractivity contribution in [1.82, 2.24) is 5.32 Å². The number of nitrogens with one attached hydrogen (secondary N) is 1. The van der Waals surface area contributed by atoms with Gasteiger partial charge in [0, 0.05) is 15.7 Å². The molecule has 0 aliphatic rings. The third-order valence-corrected chi connectivity index (χ3v) is 3.52. The summed E-state index contributed by atoms with van der Waals surface area (Å²) in [6.07, 6.45) is 0.576. The van der Waals surface area contributed by atoms with Crippen LogP contribution in [0.3, 0.4) is 0 Å². The first-order valence-electron chi connectivity index (χ1n) is 6.60. The molecule has 4 nitrogen and oxygen atoms in total. The molecule has 0 fully saturated rings. The molecule has 2 aromatic rings. The lowest BCUT2D eigenvalue weighted by molar-refractivity contribution is 0.0916. The summed E-state index contributed by atoms with van der Waals surface area (Å²) in [6.45, 7) is -0.121. The van der Waals surface area contributed by atoms with Crippen molar-refractivity contribution >= 4 is 27.5 Å². The molecule has 0 unspecified atom stereocenters. The van der Waals surface area contributed by atoms with E-state index in [1.807, 2.05) is 30.3 Å². The third kappa shape index (κ3) is 4.58. The Labute approximate surface area is 132 Å². The van der Waals surface area contributed by atoms with Gasteiger partial charge >= 0.3 is 0 Å². The van der Waals surface area contributed by atoms with E-state index in [4.69, 9.17) is 5.73 Å². The van der Waals surface area contributed by atoms with Gasteiger partial charge in [-0.1, -0.05) is 46.3 Å². The Kier molecular flexibility index (Phi) is 5.36. The summed E-state index contributed by atoms with van der Waals surface area (Å²) in [4.78, 5) is 12.2. The lowest BCUT2D eigenvalue weighted by atomic mass is 10.1. The highest BCUT2D eigenvalue weighted by atomic mass is 79.9.